The van der Waals surface area contributed by atoms with E-state index >= 15 is 0 Å². The van der Waals surface area contributed by atoms with Crippen molar-refractivity contribution >= 4 is 22.4 Å². The molecule has 126 valence electrons. The molecule has 25 heavy (non-hydrogen) atoms. The van der Waals surface area contributed by atoms with Crippen molar-refractivity contribution in [3.63, 3.8) is 0 Å². The first-order chi connectivity index (χ1) is 12.1. The Labute approximate surface area is 144 Å². The first-order valence-electron chi connectivity index (χ1n) is 7.64. The van der Waals surface area contributed by atoms with E-state index in [9.17, 15) is 10.4 Å². The molecular weight excluding hydrogens is 318 g/mol. The number of benzene rings is 1. The van der Waals surface area contributed by atoms with Gasteiger partial charge in [0.05, 0.1) is 12.1 Å². The molecule has 0 saturated carbocycles. The normalized spacial score (nSPS) is 11.3. The van der Waals surface area contributed by atoms with Crippen LogP contribution in [0.2, 0.25) is 0 Å². The Morgan fingerprint density at radius 1 is 1.32 bits per heavy atom. The Morgan fingerprint density at radius 2 is 2.08 bits per heavy atom. The third-order valence-electron chi connectivity index (χ3n) is 3.92. The summed E-state index contributed by atoms with van der Waals surface area (Å²) in [6, 6.07) is 11.4. The minimum Gasteiger partial charge on any atom is -0.493 e. The van der Waals surface area contributed by atoms with E-state index in [1.165, 1.54) is 0 Å². The van der Waals surface area contributed by atoms with Crippen molar-refractivity contribution in [3.05, 3.63) is 47.2 Å². The van der Waals surface area contributed by atoms with Crippen LogP contribution in [0.1, 0.15) is 16.8 Å². The van der Waals surface area contributed by atoms with E-state index in [4.69, 9.17) is 4.74 Å². The van der Waals surface area contributed by atoms with E-state index in [0.29, 0.717) is 22.5 Å². The zero-order chi connectivity index (χ0) is 18.0. The monoisotopic (exact) mass is 335 g/mol. The van der Waals surface area contributed by atoms with Crippen LogP contribution in [0.15, 0.2) is 40.6 Å². The molecule has 7 heteroatoms. The molecule has 0 atom stereocenters. The lowest BCUT2D eigenvalue weighted by atomic mass is 10.1. The molecule has 0 bridgehead atoms. The first kappa shape index (κ1) is 16.6. The fourth-order valence-corrected chi connectivity index (χ4v) is 2.74. The van der Waals surface area contributed by atoms with Crippen molar-refractivity contribution < 1.29 is 9.84 Å². The average Bonchev–Trinajstić information content (AvgIpc) is 2.84. The molecule has 0 aliphatic carbocycles. The summed E-state index contributed by atoms with van der Waals surface area (Å²) in [6.07, 6.45) is 0. The number of fused-ring (bicyclic) bond motifs is 1. The summed E-state index contributed by atoms with van der Waals surface area (Å²) in [7, 11) is 3.31. The van der Waals surface area contributed by atoms with Crippen molar-refractivity contribution in [3.8, 4) is 11.9 Å². The Kier molecular flexibility index (Phi) is 4.46. The number of nitriles is 1. The lowest BCUT2D eigenvalue weighted by Crippen LogP contribution is -1.96. The molecule has 7 nitrogen and oxygen atoms in total. The van der Waals surface area contributed by atoms with Crippen LogP contribution in [0.3, 0.4) is 0 Å². The SMILES string of the molecule is COCc1cc(C)nc(N=Nc2c(O)n(C)c3ccccc23)c1C#N. The second-order valence-corrected chi connectivity index (χ2v) is 5.61. The maximum absolute atomic E-state index is 10.3. The van der Waals surface area contributed by atoms with E-state index in [1.54, 1.807) is 24.8 Å². The van der Waals surface area contributed by atoms with Gasteiger partial charge in [-0.3, -0.25) is 0 Å². The van der Waals surface area contributed by atoms with Crippen LogP contribution < -0.4 is 0 Å². The Hall–Kier alpha value is -3.24. The molecule has 0 saturated heterocycles. The highest BCUT2D eigenvalue weighted by Gasteiger charge is 2.15. The molecule has 0 radical (unpaired) electrons. The number of methoxy groups -OCH3 is 1. The van der Waals surface area contributed by atoms with Crippen molar-refractivity contribution in [2.24, 2.45) is 17.3 Å². The van der Waals surface area contributed by atoms with Crippen molar-refractivity contribution in [1.29, 1.82) is 5.26 Å². The molecular formula is C18H17N5O2. The van der Waals surface area contributed by atoms with Crippen molar-refractivity contribution in [1.82, 2.24) is 9.55 Å². The molecule has 0 unspecified atom stereocenters. The molecule has 0 fully saturated rings. The molecule has 3 aromatic rings. The second-order valence-electron chi connectivity index (χ2n) is 5.61. The van der Waals surface area contributed by atoms with E-state index in [2.05, 4.69) is 21.3 Å². The zero-order valence-corrected chi connectivity index (χ0v) is 14.2. The van der Waals surface area contributed by atoms with E-state index in [1.807, 2.05) is 31.2 Å². The van der Waals surface area contributed by atoms with Gasteiger partial charge in [0.15, 0.2) is 11.5 Å². The Morgan fingerprint density at radius 3 is 2.80 bits per heavy atom. The minimum absolute atomic E-state index is 0.00762. The number of nitrogens with zero attached hydrogens (tertiary/aromatic N) is 5. The lowest BCUT2D eigenvalue weighted by molar-refractivity contribution is 0.184. The number of hydrogen-bond donors (Lipinski definition) is 1. The molecule has 1 aromatic carbocycles. The summed E-state index contributed by atoms with van der Waals surface area (Å²) in [5.74, 6) is 0.218. The molecule has 0 aliphatic rings. The summed E-state index contributed by atoms with van der Waals surface area (Å²) in [5, 5.41) is 28.9. The number of azo groups is 1. The molecule has 2 aromatic heterocycles. The van der Waals surface area contributed by atoms with Gasteiger partial charge in [-0.2, -0.15) is 5.26 Å². The highest BCUT2D eigenvalue weighted by atomic mass is 16.5. The number of rotatable bonds is 4. The van der Waals surface area contributed by atoms with Gasteiger partial charge >= 0.3 is 0 Å². The molecule has 2 heterocycles. The van der Waals surface area contributed by atoms with Crippen molar-refractivity contribution in [2.75, 3.05) is 7.11 Å². The van der Waals surface area contributed by atoms with Gasteiger partial charge in [-0.1, -0.05) is 18.2 Å². The average molecular weight is 335 g/mol. The van der Waals surface area contributed by atoms with E-state index in [-0.39, 0.29) is 18.3 Å². The van der Waals surface area contributed by atoms with Crippen molar-refractivity contribution in [2.45, 2.75) is 13.5 Å². The Balaban J connectivity index is 2.13. The smallest absolute Gasteiger partial charge is 0.220 e. The van der Waals surface area contributed by atoms with Gasteiger partial charge in [-0.15, -0.1) is 10.2 Å². The van der Waals surface area contributed by atoms with Gasteiger partial charge in [-0.25, -0.2) is 4.98 Å². The highest BCUT2D eigenvalue weighted by Crippen LogP contribution is 2.38. The summed E-state index contributed by atoms with van der Waals surface area (Å²) < 4.78 is 6.76. The Bertz CT molecular complexity index is 1010. The standard InChI is InChI=1S/C18H17N5O2/c1-11-8-12(10-25-3)14(9-19)17(20-11)22-21-16-13-6-4-5-7-15(13)23(2)18(16)24/h4-8,24H,10H2,1-3H3. The number of para-hydroxylation sites is 1. The summed E-state index contributed by atoms with van der Waals surface area (Å²) >= 11 is 0. The van der Waals surface area contributed by atoms with Crippen LogP contribution in [-0.4, -0.2) is 21.8 Å². The molecule has 3 rings (SSSR count). The second kappa shape index (κ2) is 6.71. The number of aryl methyl sites for hydroxylation is 2. The number of aromatic hydroxyl groups is 1. The largest absolute Gasteiger partial charge is 0.493 e. The van der Waals surface area contributed by atoms with Gasteiger partial charge in [0.2, 0.25) is 5.88 Å². The number of aromatic nitrogens is 2. The minimum atomic E-state index is 0.00762. The zero-order valence-electron chi connectivity index (χ0n) is 14.2. The van der Waals surface area contributed by atoms with E-state index < -0.39 is 0 Å². The predicted octanol–water partition coefficient (Wildman–Crippen LogP) is 4.02. The lowest BCUT2D eigenvalue weighted by Gasteiger charge is -2.06. The van der Waals surface area contributed by atoms with Gasteiger partial charge in [0.1, 0.15) is 11.6 Å². The van der Waals surface area contributed by atoms with Crippen LogP contribution in [0.5, 0.6) is 5.88 Å². The van der Waals surface area contributed by atoms with Gasteiger partial charge in [0.25, 0.3) is 0 Å². The van der Waals surface area contributed by atoms with Gasteiger partial charge in [0, 0.05) is 30.8 Å². The third kappa shape index (κ3) is 2.95. The first-order valence-corrected chi connectivity index (χ1v) is 7.64. The molecule has 0 spiro atoms. The summed E-state index contributed by atoms with van der Waals surface area (Å²) in [5.41, 5.74) is 2.91. The number of pyridine rings is 1. The molecule has 0 amide bonds. The maximum Gasteiger partial charge on any atom is 0.220 e. The third-order valence-corrected chi connectivity index (χ3v) is 3.92. The number of ether oxygens (including phenoxy) is 1. The molecule has 0 aliphatic heterocycles. The van der Waals surface area contributed by atoms with Crippen LogP contribution in [0, 0.1) is 18.3 Å². The molecule has 1 N–H and O–H groups in total. The fourth-order valence-electron chi connectivity index (χ4n) is 2.74. The maximum atomic E-state index is 10.3. The topological polar surface area (TPSA) is 95.8 Å². The van der Waals surface area contributed by atoms with Crippen LogP contribution >= 0.6 is 0 Å². The quantitative estimate of drug-likeness (QED) is 0.728. The number of hydrogen-bond acceptors (Lipinski definition) is 6. The predicted molar refractivity (Wildman–Crippen MR) is 93.2 cm³/mol. The van der Waals surface area contributed by atoms with Gasteiger partial charge in [-0.05, 0) is 19.1 Å². The summed E-state index contributed by atoms with van der Waals surface area (Å²) in [4.78, 5) is 4.29. The van der Waals surface area contributed by atoms with Crippen LogP contribution in [0.25, 0.3) is 10.9 Å². The highest BCUT2D eigenvalue weighted by molar-refractivity contribution is 5.94. The summed E-state index contributed by atoms with van der Waals surface area (Å²) in [6.45, 7) is 2.10. The van der Waals surface area contributed by atoms with Crippen LogP contribution in [-0.2, 0) is 18.4 Å². The van der Waals surface area contributed by atoms with Crippen LogP contribution in [0.4, 0.5) is 11.5 Å². The van der Waals surface area contributed by atoms with Gasteiger partial charge < -0.3 is 14.4 Å². The fraction of sp³-hybridized carbons (Fsp3) is 0.222. The van der Waals surface area contributed by atoms with E-state index in [0.717, 1.165) is 10.9 Å².